The van der Waals surface area contributed by atoms with Gasteiger partial charge < -0.3 is 23.6 Å². The number of halogens is 4. The molecule has 2 bridgehead atoms. The van der Waals surface area contributed by atoms with Crippen molar-refractivity contribution >= 4 is 33.2 Å². The molecule has 42 heavy (non-hydrogen) atoms. The second kappa shape index (κ2) is 10.5. The molecule has 13 heteroatoms. The van der Waals surface area contributed by atoms with Crippen molar-refractivity contribution in [2.45, 2.75) is 75.6 Å². The zero-order chi connectivity index (χ0) is 29.0. The minimum Gasteiger partial charge on any atom is -0.429 e. The van der Waals surface area contributed by atoms with Crippen LogP contribution in [0.25, 0.3) is 21.5 Å². The van der Waals surface area contributed by atoms with Gasteiger partial charge in [0.15, 0.2) is 10.9 Å². The highest BCUT2D eigenvalue weighted by molar-refractivity contribution is 7.22. The Morgan fingerprint density at radius 3 is 2.57 bits per heavy atom. The first-order valence-electron chi connectivity index (χ1n) is 13.7. The lowest BCUT2D eigenvalue weighted by Gasteiger charge is -2.38. The molecule has 1 aliphatic carbocycles. The monoisotopic (exact) mass is 603 g/mol. The molecule has 0 N–H and O–H groups in total. The van der Waals surface area contributed by atoms with Crippen molar-refractivity contribution in [3.05, 3.63) is 53.5 Å². The highest BCUT2D eigenvalue weighted by Crippen LogP contribution is 2.47. The normalized spacial score (nSPS) is 22.1. The third-order valence-electron chi connectivity index (χ3n) is 8.10. The maximum atomic E-state index is 14.6. The summed E-state index contributed by atoms with van der Waals surface area (Å²) < 4.78 is 75.7. The number of anilines is 1. The van der Waals surface area contributed by atoms with Crippen LogP contribution in [0.2, 0.25) is 0 Å². The van der Waals surface area contributed by atoms with E-state index in [4.69, 9.17) is 14.0 Å². The predicted molar refractivity (Wildman–Crippen MR) is 144 cm³/mol. The number of nitrogens with zero attached hydrogens (tertiary/aromatic N) is 3. The van der Waals surface area contributed by atoms with Crippen LogP contribution in [0.1, 0.15) is 55.8 Å². The van der Waals surface area contributed by atoms with Crippen molar-refractivity contribution in [3.63, 3.8) is 0 Å². The molecule has 2 aromatic heterocycles. The highest BCUT2D eigenvalue weighted by Gasteiger charge is 2.43. The fourth-order valence-corrected chi connectivity index (χ4v) is 7.33. The largest absolute Gasteiger partial charge is 0.573 e. The van der Waals surface area contributed by atoms with Gasteiger partial charge in [0.1, 0.15) is 28.5 Å². The fraction of sp³-hybridized carbons (Fsp3) is 0.414. The Bertz CT molecular complexity index is 1620. The number of ether oxygens (including phenoxy) is 3. The quantitative estimate of drug-likeness (QED) is 0.148. The summed E-state index contributed by atoms with van der Waals surface area (Å²) in [6.07, 6.45) is 0.251. The van der Waals surface area contributed by atoms with E-state index in [1.165, 1.54) is 29.5 Å². The number of thiazole rings is 1. The molecule has 3 aliphatic rings. The molecule has 0 spiro atoms. The first-order valence-corrected chi connectivity index (χ1v) is 14.5. The van der Waals surface area contributed by atoms with Crippen LogP contribution in [0.15, 0.2) is 40.9 Å². The number of aromatic nitrogens is 2. The van der Waals surface area contributed by atoms with E-state index in [1.807, 2.05) is 0 Å². The molecule has 8 nitrogen and oxygen atoms in total. The molecule has 2 saturated heterocycles. The lowest BCUT2D eigenvalue weighted by Crippen LogP contribution is -2.45. The van der Waals surface area contributed by atoms with Crippen molar-refractivity contribution < 1.29 is 41.1 Å². The van der Waals surface area contributed by atoms with E-state index in [1.54, 1.807) is 12.1 Å². The van der Waals surface area contributed by atoms with E-state index in [2.05, 4.69) is 19.8 Å². The summed E-state index contributed by atoms with van der Waals surface area (Å²) in [6.45, 7) is 0.416. The predicted octanol–water partition coefficient (Wildman–Crippen LogP) is 7.12. The Labute approximate surface area is 241 Å². The van der Waals surface area contributed by atoms with E-state index in [-0.39, 0.29) is 59.8 Å². The zero-order valence-electron chi connectivity index (χ0n) is 22.1. The van der Waals surface area contributed by atoms with Crippen molar-refractivity contribution in [2.75, 3.05) is 4.90 Å². The van der Waals surface area contributed by atoms with Gasteiger partial charge in [0.2, 0.25) is 0 Å². The molecule has 4 heterocycles. The third-order valence-corrected chi connectivity index (χ3v) is 9.12. The maximum absolute atomic E-state index is 14.6. The van der Waals surface area contributed by atoms with Crippen molar-refractivity contribution in [1.29, 1.82) is 0 Å². The Kier molecular flexibility index (Phi) is 6.81. The third kappa shape index (κ3) is 5.19. The number of para-hydroxylation sites is 1. The second-order valence-electron chi connectivity index (χ2n) is 10.9. The molecule has 1 unspecified atom stereocenters. The molecule has 3 atom stereocenters. The number of carbonyl (C=O) groups excluding carboxylic acids is 1. The number of hydrogen-bond donors (Lipinski definition) is 0. The van der Waals surface area contributed by atoms with Gasteiger partial charge in [-0.3, -0.25) is 4.79 Å². The van der Waals surface area contributed by atoms with Crippen molar-refractivity contribution in [1.82, 2.24) is 10.1 Å². The number of piperidine rings is 1. The Hall–Kier alpha value is -3.71. The van der Waals surface area contributed by atoms with Crippen LogP contribution in [0.3, 0.4) is 0 Å². The zero-order valence-corrected chi connectivity index (χ0v) is 22.9. The first kappa shape index (κ1) is 27.1. The minimum absolute atomic E-state index is 0.0890. The molecule has 0 radical (unpaired) electrons. The summed E-state index contributed by atoms with van der Waals surface area (Å²) in [5.41, 5.74) is 1.39. The Balaban J connectivity index is 1.10. The van der Waals surface area contributed by atoms with Crippen LogP contribution >= 0.6 is 11.3 Å². The number of benzene rings is 2. The fourth-order valence-electron chi connectivity index (χ4n) is 6.18. The van der Waals surface area contributed by atoms with Crippen molar-refractivity contribution in [2.24, 2.45) is 0 Å². The summed E-state index contributed by atoms with van der Waals surface area (Å²) >= 11 is 1.36. The van der Waals surface area contributed by atoms with E-state index < -0.39 is 12.2 Å². The van der Waals surface area contributed by atoms with Crippen molar-refractivity contribution in [3.8, 4) is 22.8 Å². The molecule has 220 valence electrons. The van der Waals surface area contributed by atoms with E-state index in [0.717, 1.165) is 49.7 Å². The van der Waals surface area contributed by atoms with Crippen LogP contribution in [0, 0.1) is 5.82 Å². The van der Waals surface area contributed by atoms with E-state index in [0.29, 0.717) is 21.7 Å². The molecule has 2 aliphatic heterocycles. The molecule has 1 saturated carbocycles. The maximum Gasteiger partial charge on any atom is 0.573 e. The van der Waals surface area contributed by atoms with Gasteiger partial charge in [-0.15, -0.1) is 13.2 Å². The topological polar surface area (TPSA) is 86.9 Å². The van der Waals surface area contributed by atoms with E-state index >= 15 is 0 Å². The lowest BCUT2D eigenvalue weighted by atomic mass is 10.00. The van der Waals surface area contributed by atoms with Crippen LogP contribution < -0.4 is 14.4 Å². The summed E-state index contributed by atoms with van der Waals surface area (Å²) in [6, 6.07) is 8.96. The Morgan fingerprint density at radius 2 is 1.86 bits per heavy atom. The SMILES string of the molecule is O=COc1cc(F)c2nc(N3[C@@H]4CC[C@H]3CC(OCc3c(-c5ccccc5OC(F)(F)F)noc3C3CC3)C4)sc2c1. The molecule has 4 aromatic rings. The number of fused-ring (bicyclic) bond motifs is 3. The molecule has 0 amide bonds. The lowest BCUT2D eigenvalue weighted by molar-refractivity contribution is -0.274. The summed E-state index contributed by atoms with van der Waals surface area (Å²) in [5, 5.41) is 4.88. The van der Waals surface area contributed by atoms with Crippen LogP contribution in [-0.4, -0.2) is 41.2 Å². The van der Waals surface area contributed by atoms with Crippen LogP contribution in [0.5, 0.6) is 11.5 Å². The minimum atomic E-state index is -4.84. The molecule has 7 rings (SSSR count). The number of hydrogen-bond acceptors (Lipinski definition) is 9. The first-order chi connectivity index (χ1) is 20.3. The molecular weight excluding hydrogens is 578 g/mol. The summed E-state index contributed by atoms with van der Waals surface area (Å²) in [5.74, 6) is 0.0737. The van der Waals surface area contributed by atoms with Gasteiger partial charge in [0, 0.05) is 41.3 Å². The number of alkyl halides is 3. The van der Waals surface area contributed by atoms with Gasteiger partial charge in [-0.2, -0.15) is 0 Å². The van der Waals surface area contributed by atoms with Gasteiger partial charge in [-0.25, -0.2) is 9.37 Å². The van der Waals surface area contributed by atoms with Crippen LogP contribution in [0.4, 0.5) is 22.7 Å². The van der Waals surface area contributed by atoms with Gasteiger partial charge >= 0.3 is 6.36 Å². The summed E-state index contributed by atoms with van der Waals surface area (Å²) in [4.78, 5) is 17.5. The Morgan fingerprint density at radius 1 is 1.10 bits per heavy atom. The van der Waals surface area contributed by atoms with E-state index in [9.17, 15) is 22.4 Å². The second-order valence-corrected chi connectivity index (χ2v) is 11.9. The molecule has 3 fully saturated rings. The average molecular weight is 604 g/mol. The standard InChI is InChI=1S/C29H25F4N3O5S/c30-22-11-19(39-14-37)12-24-26(22)34-28(42-24)36-16-7-8-17(36)10-18(9-16)38-13-21-25(35-41-27(21)15-5-6-15)20-3-1-2-4-23(20)40-29(31,32)33/h1-4,11-12,14-18H,5-10,13H2/t16-,17+,18?. The van der Waals surface area contributed by atoms with Gasteiger partial charge in [-0.1, -0.05) is 28.6 Å². The number of rotatable bonds is 9. The number of carbonyl (C=O) groups is 1. The molecular formula is C29H25F4N3O5S. The van der Waals surface area contributed by atoms with Gasteiger partial charge in [0.05, 0.1) is 17.4 Å². The molecule has 2 aromatic carbocycles. The average Bonchev–Trinajstić information content (AvgIpc) is 3.46. The van der Waals surface area contributed by atoms with Gasteiger partial charge in [0.25, 0.3) is 6.47 Å². The summed E-state index contributed by atoms with van der Waals surface area (Å²) in [7, 11) is 0. The highest BCUT2D eigenvalue weighted by atomic mass is 32.1. The smallest absolute Gasteiger partial charge is 0.429 e. The van der Waals surface area contributed by atoms with Crippen LogP contribution in [-0.2, 0) is 16.1 Å². The van der Waals surface area contributed by atoms with Gasteiger partial charge in [-0.05, 0) is 50.7 Å².